The molecule has 3 rings (SSSR count). The van der Waals surface area contributed by atoms with Crippen molar-refractivity contribution in [3.05, 3.63) is 69.6 Å². The van der Waals surface area contributed by atoms with Gasteiger partial charge in [-0.1, -0.05) is 43.7 Å². The molecule has 0 radical (unpaired) electrons. The van der Waals surface area contributed by atoms with Gasteiger partial charge >= 0.3 is 0 Å². The molecule has 1 N–H and O–H groups in total. The highest BCUT2D eigenvalue weighted by atomic mass is 32.1. The third kappa shape index (κ3) is 3.86. The van der Waals surface area contributed by atoms with Crippen LogP contribution in [0.1, 0.15) is 45.3 Å². The largest absolute Gasteiger partial charge is 0.298 e. The van der Waals surface area contributed by atoms with Gasteiger partial charge in [0.2, 0.25) is 0 Å². The molecule has 1 heterocycles. The van der Waals surface area contributed by atoms with Crippen LogP contribution in [0, 0.1) is 20.8 Å². The van der Waals surface area contributed by atoms with E-state index in [0.717, 1.165) is 29.7 Å². The molecule has 0 aliphatic carbocycles. The third-order valence-corrected chi connectivity index (χ3v) is 5.60. The number of rotatable bonds is 5. The molecule has 4 heteroatoms. The zero-order chi connectivity index (χ0) is 18.7. The molecule has 134 valence electrons. The first kappa shape index (κ1) is 18.3. The molecule has 0 unspecified atom stereocenters. The van der Waals surface area contributed by atoms with E-state index in [4.69, 9.17) is 4.98 Å². The lowest BCUT2D eigenvalue weighted by molar-refractivity contribution is 0.102. The van der Waals surface area contributed by atoms with E-state index >= 15 is 0 Å². The van der Waals surface area contributed by atoms with Gasteiger partial charge in [0.15, 0.2) is 5.13 Å². The molecule has 26 heavy (non-hydrogen) atoms. The summed E-state index contributed by atoms with van der Waals surface area (Å²) < 4.78 is 0. The third-order valence-electron chi connectivity index (χ3n) is 4.56. The van der Waals surface area contributed by atoms with Gasteiger partial charge in [0.25, 0.3) is 5.91 Å². The average molecular weight is 365 g/mol. The number of aromatic nitrogens is 1. The Bertz CT molecular complexity index is 943. The maximum Gasteiger partial charge on any atom is 0.257 e. The maximum atomic E-state index is 12.6. The van der Waals surface area contributed by atoms with E-state index in [0.29, 0.717) is 10.7 Å². The lowest BCUT2D eigenvalue weighted by Crippen LogP contribution is -2.12. The van der Waals surface area contributed by atoms with Crippen molar-refractivity contribution in [1.29, 1.82) is 0 Å². The van der Waals surface area contributed by atoms with Crippen molar-refractivity contribution in [2.24, 2.45) is 0 Å². The first-order valence-corrected chi connectivity index (χ1v) is 9.75. The van der Waals surface area contributed by atoms with Gasteiger partial charge in [-0.15, -0.1) is 11.3 Å². The normalized spacial score (nSPS) is 10.8. The Morgan fingerprint density at radius 2 is 1.81 bits per heavy atom. The summed E-state index contributed by atoms with van der Waals surface area (Å²) in [4.78, 5) is 18.6. The van der Waals surface area contributed by atoms with Crippen molar-refractivity contribution < 1.29 is 4.79 Å². The average Bonchev–Trinajstić information content (AvgIpc) is 3.00. The predicted molar refractivity (Wildman–Crippen MR) is 110 cm³/mol. The summed E-state index contributed by atoms with van der Waals surface area (Å²) in [5.41, 5.74) is 6.28. The smallest absolute Gasteiger partial charge is 0.257 e. The molecular weight excluding hydrogens is 340 g/mol. The number of carbonyl (C=O) groups is 1. The topological polar surface area (TPSA) is 42.0 Å². The van der Waals surface area contributed by atoms with Crippen molar-refractivity contribution in [3.63, 3.8) is 0 Å². The van der Waals surface area contributed by atoms with Gasteiger partial charge in [0, 0.05) is 16.0 Å². The SMILES string of the molecule is CCCc1sc(NC(=O)c2ccccc2C)nc1-c1ccc(C)c(C)c1. The summed E-state index contributed by atoms with van der Waals surface area (Å²) in [6.07, 6.45) is 2.01. The molecule has 3 nitrogen and oxygen atoms in total. The lowest BCUT2D eigenvalue weighted by Gasteiger charge is -2.05. The van der Waals surface area contributed by atoms with Crippen LogP contribution >= 0.6 is 11.3 Å². The number of amides is 1. The van der Waals surface area contributed by atoms with Crippen molar-refractivity contribution in [1.82, 2.24) is 4.98 Å². The highest BCUT2D eigenvalue weighted by Crippen LogP contribution is 2.33. The highest BCUT2D eigenvalue weighted by molar-refractivity contribution is 7.16. The van der Waals surface area contributed by atoms with Gasteiger partial charge < -0.3 is 0 Å². The van der Waals surface area contributed by atoms with E-state index in [-0.39, 0.29) is 5.91 Å². The van der Waals surface area contributed by atoms with Gasteiger partial charge in [0.1, 0.15) is 0 Å². The molecule has 0 saturated carbocycles. The Kier molecular flexibility index (Phi) is 5.52. The van der Waals surface area contributed by atoms with Crippen LogP contribution in [0.3, 0.4) is 0 Å². The fourth-order valence-corrected chi connectivity index (χ4v) is 3.99. The summed E-state index contributed by atoms with van der Waals surface area (Å²) in [6, 6.07) is 14.0. The monoisotopic (exact) mass is 364 g/mol. The first-order chi connectivity index (χ1) is 12.5. The Labute approximate surface area is 159 Å². The zero-order valence-electron chi connectivity index (χ0n) is 15.7. The second-order valence-electron chi connectivity index (χ2n) is 6.61. The number of thiazole rings is 1. The zero-order valence-corrected chi connectivity index (χ0v) is 16.5. The fourth-order valence-electron chi connectivity index (χ4n) is 2.91. The number of benzene rings is 2. The fraction of sp³-hybridized carbons (Fsp3) is 0.273. The van der Waals surface area contributed by atoms with Crippen molar-refractivity contribution in [2.45, 2.75) is 40.5 Å². The Hall–Kier alpha value is -2.46. The van der Waals surface area contributed by atoms with Crippen LogP contribution in [0.15, 0.2) is 42.5 Å². The van der Waals surface area contributed by atoms with E-state index in [1.165, 1.54) is 16.0 Å². The first-order valence-electron chi connectivity index (χ1n) is 8.94. The van der Waals surface area contributed by atoms with Crippen LogP contribution in [0.5, 0.6) is 0 Å². The van der Waals surface area contributed by atoms with Crippen LogP contribution in [0.4, 0.5) is 5.13 Å². The Morgan fingerprint density at radius 3 is 2.50 bits per heavy atom. The molecule has 2 aromatic carbocycles. The molecule has 0 saturated heterocycles. The van der Waals surface area contributed by atoms with Crippen molar-refractivity contribution >= 4 is 22.4 Å². The highest BCUT2D eigenvalue weighted by Gasteiger charge is 2.16. The van der Waals surface area contributed by atoms with E-state index in [2.05, 4.69) is 44.3 Å². The number of nitrogens with one attached hydrogen (secondary N) is 1. The second kappa shape index (κ2) is 7.83. The Balaban J connectivity index is 1.93. The van der Waals surface area contributed by atoms with Gasteiger partial charge in [-0.2, -0.15) is 0 Å². The van der Waals surface area contributed by atoms with E-state index in [9.17, 15) is 4.79 Å². The molecule has 1 amide bonds. The van der Waals surface area contributed by atoms with E-state index in [1.807, 2.05) is 31.2 Å². The molecule has 0 fully saturated rings. The summed E-state index contributed by atoms with van der Waals surface area (Å²) in [7, 11) is 0. The quantitative estimate of drug-likeness (QED) is 0.609. The van der Waals surface area contributed by atoms with Gasteiger partial charge in [-0.05, 0) is 56.0 Å². The second-order valence-corrected chi connectivity index (χ2v) is 7.69. The number of carbonyl (C=O) groups excluding carboxylic acids is 1. The number of aryl methyl sites for hydroxylation is 4. The van der Waals surface area contributed by atoms with Crippen LogP contribution < -0.4 is 5.32 Å². The number of hydrogen-bond donors (Lipinski definition) is 1. The molecule has 1 aromatic heterocycles. The summed E-state index contributed by atoms with van der Waals surface area (Å²) >= 11 is 1.57. The van der Waals surface area contributed by atoms with Crippen LogP contribution in [0.25, 0.3) is 11.3 Å². The number of hydrogen-bond acceptors (Lipinski definition) is 3. The predicted octanol–water partition coefficient (Wildman–Crippen LogP) is 5.94. The van der Waals surface area contributed by atoms with E-state index in [1.54, 1.807) is 11.3 Å². The molecule has 0 atom stereocenters. The van der Waals surface area contributed by atoms with Gasteiger partial charge in [-0.25, -0.2) is 4.98 Å². The van der Waals surface area contributed by atoms with Crippen LogP contribution in [-0.2, 0) is 6.42 Å². The lowest BCUT2D eigenvalue weighted by atomic mass is 10.0. The molecule has 3 aromatic rings. The molecule has 0 aliphatic rings. The van der Waals surface area contributed by atoms with Crippen LogP contribution in [0.2, 0.25) is 0 Å². The number of anilines is 1. The standard InChI is InChI=1S/C22H24N2OS/c1-5-8-19-20(17-12-11-14(2)16(4)13-17)23-22(26-19)24-21(25)18-10-7-6-9-15(18)3/h6-7,9-13H,5,8H2,1-4H3,(H,23,24,25). The maximum absolute atomic E-state index is 12.6. The summed E-state index contributed by atoms with van der Waals surface area (Å²) in [6.45, 7) is 8.34. The van der Waals surface area contributed by atoms with E-state index < -0.39 is 0 Å². The van der Waals surface area contributed by atoms with Gasteiger partial charge in [0.05, 0.1) is 5.69 Å². The van der Waals surface area contributed by atoms with Gasteiger partial charge in [-0.3, -0.25) is 10.1 Å². The minimum Gasteiger partial charge on any atom is -0.298 e. The summed E-state index contributed by atoms with van der Waals surface area (Å²) in [5.74, 6) is -0.105. The molecule has 0 spiro atoms. The van der Waals surface area contributed by atoms with Crippen molar-refractivity contribution in [3.8, 4) is 11.3 Å². The minimum atomic E-state index is -0.105. The molecular formula is C22H24N2OS. The summed E-state index contributed by atoms with van der Waals surface area (Å²) in [5, 5.41) is 3.64. The molecule has 0 bridgehead atoms. The van der Waals surface area contributed by atoms with Crippen molar-refractivity contribution in [2.75, 3.05) is 5.32 Å². The minimum absolute atomic E-state index is 0.105. The Morgan fingerprint density at radius 1 is 1.04 bits per heavy atom. The molecule has 0 aliphatic heterocycles. The van der Waals surface area contributed by atoms with Crippen LogP contribution in [-0.4, -0.2) is 10.9 Å². The number of nitrogens with zero attached hydrogens (tertiary/aromatic N) is 1.